The summed E-state index contributed by atoms with van der Waals surface area (Å²) in [5, 5.41) is 8.53. The molecule has 0 bridgehead atoms. The first-order chi connectivity index (χ1) is 8.67. The minimum atomic E-state index is -0.954. The number of hydrogen-bond donors (Lipinski definition) is 1. The highest BCUT2D eigenvalue weighted by Crippen LogP contribution is 2.18. The number of ether oxygens (including phenoxy) is 2. The van der Waals surface area contributed by atoms with Gasteiger partial charge in [0, 0.05) is 19.8 Å². The first kappa shape index (κ1) is 14.4. The fraction of sp³-hybridized carbons (Fsp3) is 0.357. The van der Waals surface area contributed by atoms with Crippen LogP contribution in [0, 0.1) is 0 Å². The van der Waals surface area contributed by atoms with Crippen LogP contribution in [0.5, 0.6) is 0 Å². The van der Waals surface area contributed by atoms with Gasteiger partial charge in [-0.05, 0) is 24.1 Å². The summed E-state index contributed by atoms with van der Waals surface area (Å²) in [5.41, 5.74) is 1.85. The standard InChI is InChI=1S/C14H18O4/c1-3-18-10-13(17-2)12-7-4-11(5-8-12)6-9-14(15)16/h4-9,13H,3,10H2,1-2H3,(H,15,16). The zero-order chi connectivity index (χ0) is 13.4. The molecule has 0 fully saturated rings. The SMILES string of the molecule is CCOCC(OC)c1ccc(C=CC(=O)O)cc1. The molecule has 0 saturated heterocycles. The second-order valence-corrected chi connectivity index (χ2v) is 3.72. The van der Waals surface area contributed by atoms with Gasteiger partial charge in [-0.3, -0.25) is 0 Å². The van der Waals surface area contributed by atoms with Crippen LogP contribution in [0.2, 0.25) is 0 Å². The van der Waals surface area contributed by atoms with Crippen LogP contribution in [0.3, 0.4) is 0 Å². The third-order valence-corrected chi connectivity index (χ3v) is 2.48. The van der Waals surface area contributed by atoms with Crippen molar-refractivity contribution < 1.29 is 19.4 Å². The Hall–Kier alpha value is -1.65. The summed E-state index contributed by atoms with van der Waals surface area (Å²) in [6.07, 6.45) is 2.57. The van der Waals surface area contributed by atoms with E-state index in [0.29, 0.717) is 13.2 Å². The largest absolute Gasteiger partial charge is 0.478 e. The van der Waals surface area contributed by atoms with E-state index in [4.69, 9.17) is 14.6 Å². The van der Waals surface area contributed by atoms with Gasteiger partial charge in [0.15, 0.2) is 0 Å². The van der Waals surface area contributed by atoms with Crippen LogP contribution in [-0.2, 0) is 14.3 Å². The summed E-state index contributed by atoms with van der Waals surface area (Å²) in [4.78, 5) is 10.4. The van der Waals surface area contributed by atoms with E-state index in [9.17, 15) is 4.79 Å². The van der Waals surface area contributed by atoms with Crippen LogP contribution >= 0.6 is 0 Å². The molecule has 0 radical (unpaired) electrons. The molecule has 1 aromatic carbocycles. The van der Waals surface area contributed by atoms with Gasteiger partial charge in [-0.1, -0.05) is 24.3 Å². The fourth-order valence-electron chi connectivity index (χ4n) is 1.51. The van der Waals surface area contributed by atoms with Crippen molar-refractivity contribution in [2.45, 2.75) is 13.0 Å². The number of rotatable bonds is 7. The normalized spacial score (nSPS) is 12.8. The van der Waals surface area contributed by atoms with Gasteiger partial charge in [-0.25, -0.2) is 4.79 Å². The summed E-state index contributed by atoms with van der Waals surface area (Å²) >= 11 is 0. The van der Waals surface area contributed by atoms with E-state index in [1.54, 1.807) is 13.2 Å². The molecule has 98 valence electrons. The first-order valence-corrected chi connectivity index (χ1v) is 5.79. The van der Waals surface area contributed by atoms with Gasteiger partial charge in [0.1, 0.15) is 6.10 Å². The number of hydrogen-bond acceptors (Lipinski definition) is 3. The molecule has 0 heterocycles. The lowest BCUT2D eigenvalue weighted by atomic mass is 10.1. The topological polar surface area (TPSA) is 55.8 Å². The van der Waals surface area contributed by atoms with E-state index in [1.165, 1.54) is 0 Å². The number of aliphatic carboxylic acids is 1. The molecule has 0 spiro atoms. The van der Waals surface area contributed by atoms with Gasteiger partial charge in [0.05, 0.1) is 6.61 Å². The molecule has 1 rings (SSSR count). The van der Waals surface area contributed by atoms with Crippen molar-refractivity contribution >= 4 is 12.0 Å². The Labute approximate surface area is 107 Å². The molecule has 0 aromatic heterocycles. The minimum Gasteiger partial charge on any atom is -0.478 e. The number of carboxylic acids is 1. The molecule has 0 saturated carbocycles. The van der Waals surface area contributed by atoms with Crippen molar-refractivity contribution in [3.63, 3.8) is 0 Å². The molecule has 4 heteroatoms. The summed E-state index contributed by atoms with van der Waals surface area (Å²) in [5.74, 6) is -0.954. The Bertz CT molecular complexity index is 395. The highest BCUT2D eigenvalue weighted by molar-refractivity contribution is 5.85. The van der Waals surface area contributed by atoms with Crippen molar-refractivity contribution in [3.8, 4) is 0 Å². The van der Waals surface area contributed by atoms with Crippen molar-refractivity contribution in [1.29, 1.82) is 0 Å². The molecule has 0 aliphatic heterocycles. The zero-order valence-corrected chi connectivity index (χ0v) is 10.6. The molecular weight excluding hydrogens is 232 g/mol. The molecular formula is C14H18O4. The number of carbonyl (C=O) groups is 1. The monoisotopic (exact) mass is 250 g/mol. The number of carboxylic acid groups (broad SMARTS) is 1. The molecule has 1 atom stereocenters. The van der Waals surface area contributed by atoms with Crippen LogP contribution in [0.25, 0.3) is 6.08 Å². The van der Waals surface area contributed by atoms with E-state index in [1.807, 2.05) is 31.2 Å². The molecule has 18 heavy (non-hydrogen) atoms. The van der Waals surface area contributed by atoms with Crippen molar-refractivity contribution in [3.05, 3.63) is 41.5 Å². The van der Waals surface area contributed by atoms with Crippen LogP contribution in [0.4, 0.5) is 0 Å². The van der Waals surface area contributed by atoms with Crippen LogP contribution in [0.1, 0.15) is 24.2 Å². The van der Waals surface area contributed by atoms with Gasteiger partial charge in [0.25, 0.3) is 0 Å². The van der Waals surface area contributed by atoms with Gasteiger partial charge < -0.3 is 14.6 Å². The van der Waals surface area contributed by atoms with E-state index in [2.05, 4.69) is 0 Å². The summed E-state index contributed by atoms with van der Waals surface area (Å²) < 4.78 is 10.7. The predicted octanol–water partition coefficient (Wildman–Crippen LogP) is 2.51. The Morgan fingerprint density at radius 3 is 2.56 bits per heavy atom. The molecule has 4 nitrogen and oxygen atoms in total. The Morgan fingerprint density at radius 1 is 1.39 bits per heavy atom. The lowest BCUT2D eigenvalue weighted by molar-refractivity contribution is -0.131. The van der Waals surface area contributed by atoms with Gasteiger partial charge in [-0.2, -0.15) is 0 Å². The third-order valence-electron chi connectivity index (χ3n) is 2.48. The Balaban J connectivity index is 2.71. The maximum Gasteiger partial charge on any atom is 0.328 e. The van der Waals surface area contributed by atoms with Crippen LogP contribution < -0.4 is 0 Å². The van der Waals surface area contributed by atoms with Gasteiger partial charge in [-0.15, -0.1) is 0 Å². The maximum atomic E-state index is 10.4. The van der Waals surface area contributed by atoms with Crippen molar-refractivity contribution in [2.75, 3.05) is 20.3 Å². The highest BCUT2D eigenvalue weighted by Gasteiger charge is 2.09. The zero-order valence-electron chi connectivity index (χ0n) is 10.6. The molecule has 1 unspecified atom stereocenters. The molecule has 1 aromatic rings. The summed E-state index contributed by atoms with van der Waals surface area (Å²) in [7, 11) is 1.64. The second-order valence-electron chi connectivity index (χ2n) is 3.72. The summed E-state index contributed by atoms with van der Waals surface area (Å²) in [6, 6.07) is 7.53. The summed E-state index contributed by atoms with van der Waals surface area (Å²) in [6.45, 7) is 3.10. The van der Waals surface area contributed by atoms with Crippen molar-refractivity contribution in [1.82, 2.24) is 0 Å². The quantitative estimate of drug-likeness (QED) is 0.755. The van der Waals surface area contributed by atoms with Gasteiger partial charge >= 0.3 is 5.97 Å². The van der Waals surface area contributed by atoms with E-state index in [-0.39, 0.29) is 6.10 Å². The third kappa shape index (κ3) is 4.69. The van der Waals surface area contributed by atoms with Crippen molar-refractivity contribution in [2.24, 2.45) is 0 Å². The van der Waals surface area contributed by atoms with E-state index >= 15 is 0 Å². The molecule has 0 amide bonds. The maximum absolute atomic E-state index is 10.4. The fourth-order valence-corrected chi connectivity index (χ4v) is 1.51. The van der Waals surface area contributed by atoms with E-state index < -0.39 is 5.97 Å². The number of benzene rings is 1. The average molecular weight is 250 g/mol. The lowest BCUT2D eigenvalue weighted by Gasteiger charge is -2.15. The number of methoxy groups -OCH3 is 1. The minimum absolute atomic E-state index is 0.0950. The molecule has 0 aliphatic carbocycles. The van der Waals surface area contributed by atoms with E-state index in [0.717, 1.165) is 17.2 Å². The first-order valence-electron chi connectivity index (χ1n) is 5.79. The average Bonchev–Trinajstić information content (AvgIpc) is 2.38. The molecule has 0 aliphatic rings. The Kier molecular flexibility index (Phi) is 6.11. The lowest BCUT2D eigenvalue weighted by Crippen LogP contribution is -2.09. The highest BCUT2D eigenvalue weighted by atomic mass is 16.5. The Morgan fingerprint density at radius 2 is 2.06 bits per heavy atom. The van der Waals surface area contributed by atoms with Gasteiger partial charge in [0.2, 0.25) is 0 Å². The molecule has 1 N–H and O–H groups in total. The van der Waals surface area contributed by atoms with Crippen LogP contribution in [0.15, 0.2) is 30.3 Å². The predicted molar refractivity (Wildman–Crippen MR) is 69.4 cm³/mol. The second kappa shape index (κ2) is 7.63. The smallest absolute Gasteiger partial charge is 0.328 e. The van der Waals surface area contributed by atoms with Crippen LogP contribution in [-0.4, -0.2) is 31.4 Å².